The predicted octanol–water partition coefficient (Wildman–Crippen LogP) is 2.92. The second kappa shape index (κ2) is 5.86. The van der Waals surface area contributed by atoms with Crippen molar-refractivity contribution in [2.24, 2.45) is 5.41 Å². The molecule has 90 valence electrons. The van der Waals surface area contributed by atoms with Gasteiger partial charge in [-0.15, -0.1) is 0 Å². The van der Waals surface area contributed by atoms with Gasteiger partial charge >= 0.3 is 0 Å². The summed E-state index contributed by atoms with van der Waals surface area (Å²) in [4.78, 5) is 2.59. The van der Waals surface area contributed by atoms with Gasteiger partial charge in [-0.1, -0.05) is 13.3 Å². The molecule has 15 heavy (non-hydrogen) atoms. The van der Waals surface area contributed by atoms with Crippen molar-refractivity contribution in [1.29, 1.82) is 0 Å². The minimum atomic E-state index is 0.481. The van der Waals surface area contributed by atoms with Gasteiger partial charge in [-0.25, -0.2) is 0 Å². The Morgan fingerprint density at radius 1 is 1.27 bits per heavy atom. The molecule has 0 radical (unpaired) electrons. The predicted molar refractivity (Wildman–Crippen MR) is 65.2 cm³/mol. The van der Waals surface area contributed by atoms with Crippen LogP contribution in [0.5, 0.6) is 0 Å². The average Bonchev–Trinajstić information content (AvgIpc) is 2.19. The van der Waals surface area contributed by atoms with Gasteiger partial charge in [0.25, 0.3) is 0 Å². The Bertz CT molecular complexity index is 163. The first-order chi connectivity index (χ1) is 7.13. The van der Waals surface area contributed by atoms with E-state index in [1.165, 1.54) is 38.8 Å². The van der Waals surface area contributed by atoms with Crippen LogP contribution in [0, 0.1) is 5.41 Å². The lowest BCUT2D eigenvalue weighted by Gasteiger charge is -2.43. The second-order valence-electron chi connectivity index (χ2n) is 5.31. The summed E-state index contributed by atoms with van der Waals surface area (Å²) in [5, 5.41) is 0. The van der Waals surface area contributed by atoms with Gasteiger partial charge in [0, 0.05) is 13.2 Å². The zero-order valence-corrected chi connectivity index (χ0v) is 10.9. The highest BCUT2D eigenvalue weighted by molar-refractivity contribution is 4.86. The third-order valence-corrected chi connectivity index (χ3v) is 3.82. The Hall–Kier alpha value is -0.0800. The summed E-state index contributed by atoms with van der Waals surface area (Å²) in [6.45, 7) is 10.3. The lowest BCUT2D eigenvalue weighted by molar-refractivity contribution is 0.00716. The molecule has 0 aromatic carbocycles. The minimum Gasteiger partial charge on any atom is -0.384 e. The van der Waals surface area contributed by atoms with Gasteiger partial charge in [-0.05, 0) is 51.6 Å². The molecule has 0 amide bonds. The number of nitrogens with zero attached hydrogens (tertiary/aromatic N) is 1. The van der Waals surface area contributed by atoms with E-state index in [4.69, 9.17) is 4.74 Å². The normalized spacial score (nSPS) is 22.2. The number of ether oxygens (including phenoxy) is 1. The molecule has 0 aliphatic carbocycles. The number of likely N-dealkylation sites (tertiary alicyclic amines) is 1. The molecular weight excluding hydrogens is 186 g/mol. The van der Waals surface area contributed by atoms with E-state index in [0.717, 1.165) is 6.61 Å². The average molecular weight is 213 g/mol. The number of rotatable bonds is 5. The third kappa shape index (κ3) is 3.46. The molecule has 0 unspecified atom stereocenters. The van der Waals surface area contributed by atoms with Crippen molar-refractivity contribution in [3.05, 3.63) is 0 Å². The molecular formula is C13H27NO. The molecule has 1 aliphatic rings. The molecule has 1 aliphatic heterocycles. The molecule has 1 heterocycles. The molecule has 2 nitrogen and oxygen atoms in total. The zero-order chi connectivity index (χ0) is 11.3. The van der Waals surface area contributed by atoms with E-state index >= 15 is 0 Å². The number of hydrogen-bond donors (Lipinski definition) is 0. The van der Waals surface area contributed by atoms with Crippen LogP contribution < -0.4 is 0 Å². The molecule has 1 saturated heterocycles. The van der Waals surface area contributed by atoms with Gasteiger partial charge in [-0.2, -0.15) is 0 Å². The molecule has 2 heteroatoms. The third-order valence-electron chi connectivity index (χ3n) is 3.82. The summed E-state index contributed by atoms with van der Waals surface area (Å²) in [5.74, 6) is 0. The molecule has 0 aromatic heterocycles. The molecule has 0 saturated carbocycles. The van der Waals surface area contributed by atoms with Crippen LogP contribution in [0.15, 0.2) is 0 Å². The highest BCUT2D eigenvalue weighted by atomic mass is 16.5. The van der Waals surface area contributed by atoms with Crippen molar-refractivity contribution < 1.29 is 4.74 Å². The molecule has 1 rings (SSSR count). The standard InChI is InChI=1S/C13H27NO/c1-5-6-13(11-15-4)7-9-14(10-8-13)12(2)3/h12H,5-11H2,1-4H3. The topological polar surface area (TPSA) is 12.5 Å². The minimum absolute atomic E-state index is 0.481. The summed E-state index contributed by atoms with van der Waals surface area (Å²) >= 11 is 0. The van der Waals surface area contributed by atoms with Gasteiger partial charge < -0.3 is 9.64 Å². The quantitative estimate of drug-likeness (QED) is 0.696. The van der Waals surface area contributed by atoms with Crippen LogP contribution in [0.4, 0.5) is 0 Å². The van der Waals surface area contributed by atoms with Gasteiger partial charge in [0.15, 0.2) is 0 Å². The first-order valence-corrected chi connectivity index (χ1v) is 6.36. The van der Waals surface area contributed by atoms with E-state index in [1.807, 2.05) is 7.11 Å². The van der Waals surface area contributed by atoms with Crippen LogP contribution in [-0.4, -0.2) is 37.7 Å². The Morgan fingerprint density at radius 3 is 2.27 bits per heavy atom. The van der Waals surface area contributed by atoms with Gasteiger partial charge in [0.1, 0.15) is 0 Å². The van der Waals surface area contributed by atoms with E-state index in [1.54, 1.807) is 0 Å². The number of methoxy groups -OCH3 is 1. The SMILES string of the molecule is CCCC1(COC)CCN(C(C)C)CC1. The summed E-state index contributed by atoms with van der Waals surface area (Å²) in [7, 11) is 1.84. The van der Waals surface area contributed by atoms with Crippen LogP contribution in [0.1, 0.15) is 46.5 Å². The van der Waals surface area contributed by atoms with Crippen LogP contribution in [-0.2, 0) is 4.74 Å². The summed E-state index contributed by atoms with van der Waals surface area (Å²) in [5.41, 5.74) is 0.481. The fraction of sp³-hybridized carbons (Fsp3) is 1.00. The molecule has 0 aromatic rings. The van der Waals surface area contributed by atoms with Crippen molar-refractivity contribution in [2.45, 2.75) is 52.5 Å². The lowest BCUT2D eigenvalue weighted by atomic mass is 9.75. The molecule has 0 bridgehead atoms. The van der Waals surface area contributed by atoms with E-state index in [2.05, 4.69) is 25.7 Å². The maximum absolute atomic E-state index is 5.41. The Morgan fingerprint density at radius 2 is 1.87 bits per heavy atom. The summed E-state index contributed by atoms with van der Waals surface area (Å²) in [6.07, 6.45) is 5.23. The largest absolute Gasteiger partial charge is 0.384 e. The van der Waals surface area contributed by atoms with Gasteiger partial charge in [0.05, 0.1) is 6.61 Å². The van der Waals surface area contributed by atoms with Crippen molar-refractivity contribution in [3.8, 4) is 0 Å². The molecule has 0 atom stereocenters. The monoisotopic (exact) mass is 213 g/mol. The molecule has 0 spiro atoms. The van der Waals surface area contributed by atoms with Crippen LogP contribution in [0.2, 0.25) is 0 Å². The highest BCUT2D eigenvalue weighted by Crippen LogP contribution is 2.36. The lowest BCUT2D eigenvalue weighted by Crippen LogP contribution is -2.45. The van der Waals surface area contributed by atoms with Crippen LogP contribution >= 0.6 is 0 Å². The maximum atomic E-state index is 5.41. The summed E-state index contributed by atoms with van der Waals surface area (Å²) < 4.78 is 5.41. The Balaban J connectivity index is 2.49. The van der Waals surface area contributed by atoms with Gasteiger partial charge in [0.2, 0.25) is 0 Å². The Kier molecular flexibility index (Phi) is 5.07. The highest BCUT2D eigenvalue weighted by Gasteiger charge is 2.34. The van der Waals surface area contributed by atoms with Crippen molar-refractivity contribution in [1.82, 2.24) is 4.90 Å². The first kappa shape index (κ1) is 13.0. The van der Waals surface area contributed by atoms with Crippen molar-refractivity contribution in [2.75, 3.05) is 26.8 Å². The van der Waals surface area contributed by atoms with E-state index in [9.17, 15) is 0 Å². The van der Waals surface area contributed by atoms with E-state index in [-0.39, 0.29) is 0 Å². The maximum Gasteiger partial charge on any atom is 0.0519 e. The van der Waals surface area contributed by atoms with E-state index < -0.39 is 0 Å². The summed E-state index contributed by atoms with van der Waals surface area (Å²) in [6, 6.07) is 0.701. The zero-order valence-electron chi connectivity index (χ0n) is 10.9. The first-order valence-electron chi connectivity index (χ1n) is 6.36. The van der Waals surface area contributed by atoms with E-state index in [0.29, 0.717) is 11.5 Å². The fourth-order valence-electron chi connectivity index (χ4n) is 2.82. The Labute approximate surface area is 95.0 Å². The van der Waals surface area contributed by atoms with Crippen molar-refractivity contribution >= 4 is 0 Å². The fourth-order valence-corrected chi connectivity index (χ4v) is 2.82. The number of piperidine rings is 1. The second-order valence-corrected chi connectivity index (χ2v) is 5.31. The van der Waals surface area contributed by atoms with Gasteiger partial charge in [-0.3, -0.25) is 0 Å². The van der Waals surface area contributed by atoms with Crippen molar-refractivity contribution in [3.63, 3.8) is 0 Å². The smallest absolute Gasteiger partial charge is 0.0519 e. The molecule has 0 N–H and O–H groups in total. The number of hydrogen-bond acceptors (Lipinski definition) is 2. The van der Waals surface area contributed by atoms with Crippen LogP contribution in [0.3, 0.4) is 0 Å². The molecule has 1 fully saturated rings. The van der Waals surface area contributed by atoms with Crippen LogP contribution in [0.25, 0.3) is 0 Å².